The van der Waals surface area contributed by atoms with Crippen LogP contribution in [0.15, 0.2) is 0 Å². The van der Waals surface area contributed by atoms with Crippen molar-refractivity contribution in [2.75, 3.05) is 19.6 Å². The zero-order chi connectivity index (χ0) is 9.14. The number of likely N-dealkylation sites (tertiary alicyclic amines) is 1. The van der Waals surface area contributed by atoms with Crippen LogP contribution in [0.1, 0.15) is 13.3 Å². The summed E-state index contributed by atoms with van der Waals surface area (Å²) >= 11 is 0. The Hall–Kier alpha value is -0.610. The molecule has 1 saturated heterocycles. The monoisotopic (exact) mass is 172 g/mol. The maximum Gasteiger partial charge on any atom is 0.219 e. The predicted molar refractivity (Wildman–Crippen MR) is 45.4 cm³/mol. The van der Waals surface area contributed by atoms with Gasteiger partial charge in [0, 0.05) is 25.9 Å². The fraction of sp³-hybridized carbons (Fsp3) is 0.875. The van der Waals surface area contributed by atoms with Gasteiger partial charge in [0.05, 0.1) is 6.10 Å². The lowest BCUT2D eigenvalue weighted by Gasteiger charge is -2.34. The van der Waals surface area contributed by atoms with E-state index in [2.05, 4.69) is 0 Å². The maximum atomic E-state index is 10.9. The SMILES string of the molecule is CC(=O)N1CCC(CN)C(O)C1. The summed E-state index contributed by atoms with van der Waals surface area (Å²) in [5, 5.41) is 9.51. The van der Waals surface area contributed by atoms with E-state index in [4.69, 9.17) is 5.73 Å². The van der Waals surface area contributed by atoms with E-state index in [1.807, 2.05) is 0 Å². The molecule has 2 atom stereocenters. The summed E-state index contributed by atoms with van der Waals surface area (Å²) < 4.78 is 0. The summed E-state index contributed by atoms with van der Waals surface area (Å²) in [4.78, 5) is 12.6. The van der Waals surface area contributed by atoms with Crippen LogP contribution < -0.4 is 5.73 Å². The first-order valence-corrected chi connectivity index (χ1v) is 4.28. The molecule has 0 saturated carbocycles. The normalized spacial score (nSPS) is 30.4. The minimum atomic E-state index is -0.437. The highest BCUT2D eigenvalue weighted by molar-refractivity contribution is 5.73. The van der Waals surface area contributed by atoms with Crippen LogP contribution in [0.25, 0.3) is 0 Å². The molecule has 12 heavy (non-hydrogen) atoms. The minimum absolute atomic E-state index is 0.0320. The smallest absolute Gasteiger partial charge is 0.219 e. The van der Waals surface area contributed by atoms with Crippen molar-refractivity contribution in [1.29, 1.82) is 0 Å². The lowest BCUT2D eigenvalue weighted by atomic mass is 9.94. The Morgan fingerprint density at radius 3 is 2.83 bits per heavy atom. The lowest BCUT2D eigenvalue weighted by molar-refractivity contribution is -0.133. The van der Waals surface area contributed by atoms with Gasteiger partial charge in [-0.1, -0.05) is 0 Å². The molecule has 4 nitrogen and oxygen atoms in total. The van der Waals surface area contributed by atoms with E-state index in [0.717, 1.165) is 13.0 Å². The molecule has 2 unspecified atom stereocenters. The van der Waals surface area contributed by atoms with E-state index in [-0.39, 0.29) is 11.8 Å². The van der Waals surface area contributed by atoms with E-state index in [1.54, 1.807) is 4.90 Å². The van der Waals surface area contributed by atoms with Crippen LogP contribution in [0.3, 0.4) is 0 Å². The molecule has 0 aromatic heterocycles. The van der Waals surface area contributed by atoms with Crippen molar-refractivity contribution < 1.29 is 9.90 Å². The number of hydrogen-bond acceptors (Lipinski definition) is 3. The van der Waals surface area contributed by atoms with Crippen LogP contribution in [0.5, 0.6) is 0 Å². The second-order valence-corrected chi connectivity index (χ2v) is 3.32. The largest absolute Gasteiger partial charge is 0.391 e. The van der Waals surface area contributed by atoms with Gasteiger partial charge in [-0.3, -0.25) is 4.79 Å². The summed E-state index contributed by atoms with van der Waals surface area (Å²) in [6.07, 6.45) is 0.379. The molecular weight excluding hydrogens is 156 g/mol. The molecule has 1 aliphatic heterocycles. The fourth-order valence-corrected chi connectivity index (χ4v) is 1.54. The van der Waals surface area contributed by atoms with Crippen LogP contribution in [0, 0.1) is 5.92 Å². The Morgan fingerprint density at radius 2 is 2.42 bits per heavy atom. The Bertz CT molecular complexity index is 172. The van der Waals surface area contributed by atoms with Crippen molar-refractivity contribution >= 4 is 5.91 Å². The molecule has 1 heterocycles. The van der Waals surface area contributed by atoms with Gasteiger partial charge in [0.2, 0.25) is 5.91 Å². The average Bonchev–Trinajstić information content (AvgIpc) is 2.04. The summed E-state index contributed by atoms with van der Waals surface area (Å²) in [5.41, 5.74) is 5.45. The number of carbonyl (C=O) groups excluding carboxylic acids is 1. The highest BCUT2D eigenvalue weighted by atomic mass is 16.3. The molecule has 1 aliphatic rings. The molecule has 4 heteroatoms. The first-order valence-electron chi connectivity index (χ1n) is 4.28. The summed E-state index contributed by atoms with van der Waals surface area (Å²) in [7, 11) is 0. The molecule has 0 bridgehead atoms. The van der Waals surface area contributed by atoms with Gasteiger partial charge in [-0.25, -0.2) is 0 Å². The summed E-state index contributed by atoms with van der Waals surface area (Å²) in [5.74, 6) is 0.199. The standard InChI is InChI=1S/C8H16N2O2/c1-6(11)10-3-2-7(4-9)8(12)5-10/h7-8,12H,2-5,9H2,1H3. The Labute approximate surface area is 72.3 Å². The molecule has 1 amide bonds. The number of β-amino-alcohol motifs (C(OH)–C–C–N with tert-alkyl or cyclic N) is 1. The zero-order valence-electron chi connectivity index (χ0n) is 7.36. The van der Waals surface area contributed by atoms with Crippen molar-refractivity contribution in [2.24, 2.45) is 11.7 Å². The van der Waals surface area contributed by atoms with E-state index in [1.165, 1.54) is 6.92 Å². The second kappa shape index (κ2) is 3.87. The van der Waals surface area contributed by atoms with Gasteiger partial charge in [0.25, 0.3) is 0 Å². The zero-order valence-corrected chi connectivity index (χ0v) is 7.36. The Kier molecular flexibility index (Phi) is 3.05. The number of carbonyl (C=O) groups is 1. The van der Waals surface area contributed by atoms with Crippen molar-refractivity contribution in [3.05, 3.63) is 0 Å². The average molecular weight is 172 g/mol. The van der Waals surface area contributed by atoms with Crippen LogP contribution in [-0.2, 0) is 4.79 Å². The summed E-state index contributed by atoms with van der Waals surface area (Å²) in [6, 6.07) is 0. The van der Waals surface area contributed by atoms with Crippen LogP contribution >= 0.6 is 0 Å². The molecule has 0 aromatic carbocycles. The van der Waals surface area contributed by atoms with E-state index >= 15 is 0 Å². The third kappa shape index (κ3) is 1.95. The fourth-order valence-electron chi connectivity index (χ4n) is 1.54. The molecular formula is C8H16N2O2. The first kappa shape index (κ1) is 9.48. The molecule has 3 N–H and O–H groups in total. The Balaban J connectivity index is 2.46. The van der Waals surface area contributed by atoms with E-state index in [0.29, 0.717) is 13.1 Å². The third-order valence-corrected chi connectivity index (χ3v) is 2.47. The van der Waals surface area contributed by atoms with Gasteiger partial charge in [-0.05, 0) is 13.0 Å². The number of aliphatic hydroxyl groups excluding tert-OH is 1. The first-order chi connectivity index (χ1) is 5.65. The number of hydrogen-bond donors (Lipinski definition) is 2. The summed E-state index contributed by atoms with van der Waals surface area (Å²) in [6.45, 7) is 3.20. The van der Waals surface area contributed by atoms with Crippen LogP contribution in [-0.4, -0.2) is 41.7 Å². The second-order valence-electron chi connectivity index (χ2n) is 3.32. The van der Waals surface area contributed by atoms with Crippen molar-refractivity contribution in [3.8, 4) is 0 Å². The number of nitrogens with two attached hydrogens (primary N) is 1. The van der Waals surface area contributed by atoms with Crippen LogP contribution in [0.4, 0.5) is 0 Å². The number of rotatable bonds is 1. The maximum absolute atomic E-state index is 10.9. The van der Waals surface area contributed by atoms with Crippen molar-refractivity contribution in [3.63, 3.8) is 0 Å². The Morgan fingerprint density at radius 1 is 1.75 bits per heavy atom. The van der Waals surface area contributed by atoms with Crippen molar-refractivity contribution in [2.45, 2.75) is 19.4 Å². The number of aliphatic hydroxyl groups is 1. The molecule has 0 spiro atoms. The van der Waals surface area contributed by atoms with Crippen LogP contribution in [0.2, 0.25) is 0 Å². The predicted octanol–water partition coefficient (Wildman–Crippen LogP) is -0.826. The van der Waals surface area contributed by atoms with Gasteiger partial charge in [0.1, 0.15) is 0 Å². The molecule has 0 aliphatic carbocycles. The van der Waals surface area contributed by atoms with Gasteiger partial charge >= 0.3 is 0 Å². The van der Waals surface area contributed by atoms with E-state index < -0.39 is 6.10 Å². The highest BCUT2D eigenvalue weighted by Gasteiger charge is 2.27. The lowest BCUT2D eigenvalue weighted by Crippen LogP contribution is -2.47. The van der Waals surface area contributed by atoms with Gasteiger partial charge in [-0.2, -0.15) is 0 Å². The minimum Gasteiger partial charge on any atom is -0.391 e. The topological polar surface area (TPSA) is 66.6 Å². The van der Waals surface area contributed by atoms with Gasteiger partial charge in [0.15, 0.2) is 0 Å². The third-order valence-electron chi connectivity index (χ3n) is 2.47. The van der Waals surface area contributed by atoms with Gasteiger partial charge in [-0.15, -0.1) is 0 Å². The number of piperidine rings is 1. The van der Waals surface area contributed by atoms with Crippen molar-refractivity contribution in [1.82, 2.24) is 4.90 Å². The number of amides is 1. The quantitative estimate of drug-likeness (QED) is 0.543. The number of nitrogens with zero attached hydrogens (tertiary/aromatic N) is 1. The highest BCUT2D eigenvalue weighted by Crippen LogP contribution is 2.16. The molecule has 0 aromatic rings. The van der Waals surface area contributed by atoms with Gasteiger partial charge < -0.3 is 15.7 Å². The van der Waals surface area contributed by atoms with E-state index in [9.17, 15) is 9.90 Å². The molecule has 1 fully saturated rings. The molecule has 70 valence electrons. The molecule has 1 rings (SSSR count). The molecule has 0 radical (unpaired) electrons.